The van der Waals surface area contributed by atoms with Crippen molar-refractivity contribution in [3.63, 3.8) is 0 Å². The summed E-state index contributed by atoms with van der Waals surface area (Å²) in [5, 5.41) is 0.0289. The maximum absolute atomic E-state index is 12.2. The van der Waals surface area contributed by atoms with Gasteiger partial charge in [0.25, 0.3) is 10.0 Å². The highest BCUT2D eigenvalue weighted by molar-refractivity contribution is 7.92. The van der Waals surface area contributed by atoms with Crippen molar-refractivity contribution in [3.05, 3.63) is 52.3 Å². The van der Waals surface area contributed by atoms with Gasteiger partial charge in [-0.3, -0.25) is 4.72 Å². The van der Waals surface area contributed by atoms with Crippen LogP contribution in [0.3, 0.4) is 0 Å². The van der Waals surface area contributed by atoms with E-state index < -0.39 is 16.0 Å². The van der Waals surface area contributed by atoms with Crippen molar-refractivity contribution in [1.29, 1.82) is 0 Å². The lowest BCUT2D eigenvalue weighted by atomic mass is 10.2. The Hall–Kier alpha value is -1.83. The Balaban J connectivity index is 2.32. The Morgan fingerprint density at radius 1 is 1.27 bits per heavy atom. The molecule has 0 saturated carbocycles. The quantitative estimate of drug-likeness (QED) is 0.669. The van der Waals surface area contributed by atoms with Gasteiger partial charge in [0, 0.05) is 11.9 Å². The number of carbonyl (C=O) groups excluding carboxylic acids is 1. The lowest BCUT2D eigenvalue weighted by molar-refractivity contribution is 0.0601. The van der Waals surface area contributed by atoms with Crippen LogP contribution in [0.15, 0.2) is 41.4 Å². The number of halogens is 2. The third kappa shape index (κ3) is 3.68. The van der Waals surface area contributed by atoms with Crippen LogP contribution < -0.4 is 4.72 Å². The lowest BCUT2D eigenvalue weighted by Gasteiger charge is -2.09. The molecule has 6 nitrogen and oxygen atoms in total. The molecule has 0 aliphatic heterocycles. The van der Waals surface area contributed by atoms with Crippen LogP contribution in [0.2, 0.25) is 10.2 Å². The highest BCUT2D eigenvalue weighted by Gasteiger charge is 2.17. The van der Waals surface area contributed by atoms with Crippen LogP contribution in [0.4, 0.5) is 5.69 Å². The van der Waals surface area contributed by atoms with Crippen molar-refractivity contribution in [2.75, 3.05) is 11.8 Å². The first-order chi connectivity index (χ1) is 10.3. The summed E-state index contributed by atoms with van der Waals surface area (Å²) in [6, 6.07) is 7.06. The van der Waals surface area contributed by atoms with Gasteiger partial charge in [-0.05, 0) is 24.3 Å². The summed E-state index contributed by atoms with van der Waals surface area (Å²) in [7, 11) is -2.67. The Bertz CT molecular complexity index is 825. The summed E-state index contributed by atoms with van der Waals surface area (Å²) >= 11 is 11.4. The van der Waals surface area contributed by atoms with E-state index in [0.29, 0.717) is 0 Å². The molecule has 0 fully saturated rings. The summed E-state index contributed by atoms with van der Waals surface area (Å²) in [6.07, 6.45) is 1.08. The maximum Gasteiger partial charge on any atom is 0.337 e. The topological polar surface area (TPSA) is 85.4 Å². The molecule has 0 spiro atoms. The molecule has 0 amide bonds. The average molecular weight is 361 g/mol. The first-order valence-corrected chi connectivity index (χ1v) is 8.09. The monoisotopic (exact) mass is 360 g/mol. The lowest BCUT2D eigenvalue weighted by Crippen LogP contribution is -2.14. The van der Waals surface area contributed by atoms with Crippen LogP contribution in [0.25, 0.3) is 0 Å². The summed E-state index contributed by atoms with van der Waals surface area (Å²) in [4.78, 5) is 15.0. The van der Waals surface area contributed by atoms with Gasteiger partial charge in [0.05, 0.1) is 17.7 Å². The summed E-state index contributed by atoms with van der Waals surface area (Å²) in [5.74, 6) is -0.572. The van der Waals surface area contributed by atoms with E-state index in [-0.39, 0.29) is 26.3 Å². The van der Waals surface area contributed by atoms with E-state index in [4.69, 9.17) is 23.2 Å². The molecule has 0 unspecified atom stereocenters. The molecule has 0 atom stereocenters. The van der Waals surface area contributed by atoms with Gasteiger partial charge < -0.3 is 4.74 Å². The zero-order chi connectivity index (χ0) is 16.3. The minimum atomic E-state index is -3.91. The van der Waals surface area contributed by atoms with Crippen molar-refractivity contribution >= 4 is 44.9 Å². The molecule has 1 aromatic carbocycles. The number of esters is 1. The number of methoxy groups -OCH3 is 1. The van der Waals surface area contributed by atoms with Crippen LogP contribution in [-0.2, 0) is 14.8 Å². The average Bonchev–Trinajstić information content (AvgIpc) is 2.49. The maximum atomic E-state index is 12.2. The minimum absolute atomic E-state index is 0.00769. The number of nitrogens with one attached hydrogen (secondary N) is 1. The Morgan fingerprint density at radius 3 is 2.64 bits per heavy atom. The number of carbonyl (C=O) groups is 1. The van der Waals surface area contributed by atoms with E-state index in [2.05, 4.69) is 14.4 Å². The van der Waals surface area contributed by atoms with E-state index in [1.54, 1.807) is 0 Å². The number of sulfonamides is 1. The fourth-order valence-electron chi connectivity index (χ4n) is 1.59. The normalized spacial score (nSPS) is 11.0. The van der Waals surface area contributed by atoms with Crippen molar-refractivity contribution in [2.45, 2.75) is 4.90 Å². The second-order valence-electron chi connectivity index (χ2n) is 4.12. The zero-order valence-corrected chi connectivity index (χ0v) is 13.5. The van der Waals surface area contributed by atoms with Crippen molar-refractivity contribution < 1.29 is 17.9 Å². The van der Waals surface area contributed by atoms with Crippen LogP contribution in [-0.4, -0.2) is 26.5 Å². The Kier molecular flexibility index (Phi) is 4.90. The van der Waals surface area contributed by atoms with Crippen LogP contribution >= 0.6 is 23.2 Å². The molecule has 22 heavy (non-hydrogen) atoms. The molecule has 116 valence electrons. The largest absolute Gasteiger partial charge is 0.465 e. The highest BCUT2D eigenvalue weighted by atomic mass is 35.5. The SMILES string of the molecule is COC(=O)c1cccc(NS(=O)(=O)c2cnc(Cl)c(Cl)c2)c1. The number of pyridine rings is 1. The molecule has 1 N–H and O–H groups in total. The van der Waals surface area contributed by atoms with E-state index in [9.17, 15) is 13.2 Å². The minimum Gasteiger partial charge on any atom is -0.465 e. The molecule has 0 saturated heterocycles. The van der Waals surface area contributed by atoms with Gasteiger partial charge in [0.15, 0.2) is 0 Å². The molecule has 0 aliphatic rings. The van der Waals surface area contributed by atoms with Gasteiger partial charge in [0.2, 0.25) is 0 Å². The summed E-state index contributed by atoms with van der Waals surface area (Å²) < 4.78 is 31.4. The smallest absolute Gasteiger partial charge is 0.337 e. The molecule has 0 bridgehead atoms. The van der Waals surface area contributed by atoms with Gasteiger partial charge in [-0.15, -0.1) is 0 Å². The molecule has 1 aromatic heterocycles. The molecule has 0 aliphatic carbocycles. The number of hydrogen-bond donors (Lipinski definition) is 1. The zero-order valence-electron chi connectivity index (χ0n) is 11.2. The standard InChI is InChI=1S/C13H10Cl2N2O4S/c1-21-13(18)8-3-2-4-9(5-8)17-22(19,20)10-6-11(14)12(15)16-7-10/h2-7,17H,1H3. The van der Waals surface area contributed by atoms with Crippen LogP contribution in [0.1, 0.15) is 10.4 Å². The second-order valence-corrected chi connectivity index (χ2v) is 6.57. The first kappa shape index (κ1) is 16.5. The predicted molar refractivity (Wildman–Crippen MR) is 82.8 cm³/mol. The molecule has 9 heteroatoms. The van der Waals surface area contributed by atoms with E-state index in [1.807, 2.05) is 0 Å². The molecular weight excluding hydrogens is 351 g/mol. The third-order valence-corrected chi connectivity index (χ3v) is 4.65. The van der Waals surface area contributed by atoms with Gasteiger partial charge in [0.1, 0.15) is 10.0 Å². The highest BCUT2D eigenvalue weighted by Crippen LogP contribution is 2.24. The Labute approximate surface area is 137 Å². The fourth-order valence-corrected chi connectivity index (χ4v) is 2.95. The molecule has 1 heterocycles. The first-order valence-electron chi connectivity index (χ1n) is 5.86. The van der Waals surface area contributed by atoms with E-state index in [0.717, 1.165) is 6.20 Å². The second kappa shape index (κ2) is 6.51. The summed E-state index contributed by atoms with van der Waals surface area (Å²) in [5.41, 5.74) is 0.420. The summed E-state index contributed by atoms with van der Waals surface area (Å²) in [6.45, 7) is 0. The molecule has 2 rings (SSSR count). The van der Waals surface area contributed by atoms with Crippen molar-refractivity contribution in [2.24, 2.45) is 0 Å². The number of anilines is 1. The fraction of sp³-hybridized carbons (Fsp3) is 0.0769. The van der Waals surface area contributed by atoms with E-state index in [1.165, 1.54) is 37.4 Å². The van der Waals surface area contributed by atoms with Crippen LogP contribution in [0.5, 0.6) is 0 Å². The number of benzene rings is 1. The molecular formula is C13H10Cl2N2O4S. The Morgan fingerprint density at radius 2 is 2.00 bits per heavy atom. The number of nitrogens with zero attached hydrogens (tertiary/aromatic N) is 1. The van der Waals surface area contributed by atoms with Gasteiger partial charge in [-0.1, -0.05) is 29.3 Å². The van der Waals surface area contributed by atoms with Gasteiger partial charge in [-0.25, -0.2) is 18.2 Å². The van der Waals surface area contributed by atoms with E-state index >= 15 is 0 Å². The number of aromatic nitrogens is 1. The third-order valence-electron chi connectivity index (χ3n) is 2.62. The number of rotatable bonds is 4. The van der Waals surface area contributed by atoms with Crippen LogP contribution in [0, 0.1) is 0 Å². The van der Waals surface area contributed by atoms with Gasteiger partial charge in [-0.2, -0.15) is 0 Å². The molecule has 0 radical (unpaired) electrons. The number of hydrogen-bond acceptors (Lipinski definition) is 5. The van der Waals surface area contributed by atoms with Crippen molar-refractivity contribution in [3.8, 4) is 0 Å². The van der Waals surface area contributed by atoms with Gasteiger partial charge >= 0.3 is 5.97 Å². The molecule has 2 aromatic rings. The van der Waals surface area contributed by atoms with Crippen molar-refractivity contribution in [1.82, 2.24) is 4.98 Å². The number of ether oxygens (including phenoxy) is 1. The predicted octanol–water partition coefficient (Wildman–Crippen LogP) is 2.98.